The summed E-state index contributed by atoms with van der Waals surface area (Å²) in [5.41, 5.74) is 16.9. The lowest BCUT2D eigenvalue weighted by Gasteiger charge is -2.26. The topological polar surface area (TPSA) is 286 Å². The Morgan fingerprint density at radius 1 is 0.733 bits per heavy atom. The lowest BCUT2D eigenvalue weighted by molar-refractivity contribution is -0.140. The number of hydrogen-bond donors (Lipinski definition) is 9. The summed E-state index contributed by atoms with van der Waals surface area (Å²) in [6, 6.07) is 5.35. The number of rotatable bonds is 17. The monoisotopic (exact) mass is 629 g/mol. The Morgan fingerprint density at radius 2 is 1.29 bits per heavy atom. The number of aliphatic hydroxyl groups excluding tert-OH is 1. The number of carboxylic acid groups (broad SMARTS) is 1. The molecule has 0 aliphatic carbocycles. The summed E-state index contributed by atoms with van der Waals surface area (Å²) in [4.78, 5) is 86.5. The van der Waals surface area contributed by atoms with Gasteiger partial charge in [-0.05, 0) is 22.3 Å². The van der Waals surface area contributed by atoms with Gasteiger partial charge in [0.1, 0.15) is 24.2 Å². The molecule has 45 heavy (non-hydrogen) atoms. The van der Waals surface area contributed by atoms with Crippen LogP contribution in [0.5, 0.6) is 0 Å². The molecule has 244 valence electrons. The molecule has 0 heterocycles. The number of nitrogens with two attached hydrogens (primary N) is 3. The number of hydrogen-bond acceptors (Lipinski definition) is 9. The number of aliphatic carboxylic acids is 1. The Labute approximate surface area is 258 Å². The number of nitrogens with one attached hydrogen (secondary N) is 4. The zero-order valence-electron chi connectivity index (χ0n) is 24.8. The average Bonchev–Trinajstić information content (AvgIpc) is 2.96. The van der Waals surface area contributed by atoms with E-state index in [4.69, 9.17) is 22.3 Å². The van der Waals surface area contributed by atoms with Crippen molar-refractivity contribution in [2.45, 2.75) is 63.3 Å². The smallest absolute Gasteiger partial charge is 0.305 e. The molecular weight excluding hydrogens is 590 g/mol. The number of primary amides is 2. The maximum absolute atomic E-state index is 13.5. The summed E-state index contributed by atoms with van der Waals surface area (Å²) in [5.74, 6) is -7.57. The molecule has 0 saturated carbocycles. The van der Waals surface area contributed by atoms with E-state index in [2.05, 4.69) is 21.3 Å². The van der Waals surface area contributed by atoms with Crippen molar-refractivity contribution in [1.29, 1.82) is 0 Å². The molecule has 16 heteroatoms. The second-order valence-corrected chi connectivity index (χ2v) is 10.8. The highest BCUT2D eigenvalue weighted by Gasteiger charge is 2.33. The van der Waals surface area contributed by atoms with Crippen molar-refractivity contribution >= 4 is 52.2 Å². The molecule has 0 aromatic heterocycles. The van der Waals surface area contributed by atoms with E-state index in [9.17, 15) is 38.7 Å². The molecule has 6 amide bonds. The SMILES string of the molecule is CC(C)C(NC(=O)C(CO)NC(=O)C(CC(N)=O)NC(=O)C(Cc1ccc2ccccc2c1)NC(=O)C(N)CC(=O)O)C(N)=O. The van der Waals surface area contributed by atoms with Gasteiger partial charge in [-0.3, -0.25) is 33.6 Å². The second-order valence-electron chi connectivity index (χ2n) is 10.8. The standard InChI is InChI=1S/C29H39N7O9/c1-14(2)24(25(32)41)36-29(45)21(13-37)35-28(44)20(12-22(31)38)34-27(43)19(33-26(42)18(30)11-23(39)40)10-15-7-8-16-5-3-4-6-17(16)9-15/h3-9,14,18-21,24,37H,10-13,30H2,1-2H3,(H2,31,38)(H2,32,41)(H,33,42)(H,34,43)(H,35,44)(H,36,45)(H,39,40). The Hall–Kier alpha value is -5.09. The normalized spacial score (nSPS) is 14.3. The number of carbonyl (C=O) groups excluding carboxylic acids is 6. The van der Waals surface area contributed by atoms with Crippen LogP contribution >= 0.6 is 0 Å². The average molecular weight is 630 g/mol. The van der Waals surface area contributed by atoms with Gasteiger partial charge in [-0.1, -0.05) is 56.3 Å². The van der Waals surface area contributed by atoms with Gasteiger partial charge in [0.25, 0.3) is 0 Å². The first kappa shape index (κ1) is 36.1. The minimum Gasteiger partial charge on any atom is -0.481 e. The molecule has 0 fully saturated rings. The van der Waals surface area contributed by atoms with Gasteiger partial charge < -0.3 is 48.7 Å². The van der Waals surface area contributed by atoms with Crippen molar-refractivity contribution in [2.75, 3.05) is 6.61 Å². The van der Waals surface area contributed by atoms with E-state index in [-0.39, 0.29) is 6.42 Å². The van der Waals surface area contributed by atoms with Crippen molar-refractivity contribution in [1.82, 2.24) is 21.3 Å². The molecule has 0 aliphatic heterocycles. The van der Waals surface area contributed by atoms with Crippen LogP contribution in [0.2, 0.25) is 0 Å². The minimum absolute atomic E-state index is 0.126. The highest BCUT2D eigenvalue weighted by Crippen LogP contribution is 2.17. The largest absolute Gasteiger partial charge is 0.481 e. The fraction of sp³-hybridized carbons (Fsp3) is 0.414. The second kappa shape index (κ2) is 16.7. The fourth-order valence-corrected chi connectivity index (χ4v) is 4.34. The number of fused-ring (bicyclic) bond motifs is 1. The molecule has 16 nitrogen and oxygen atoms in total. The molecule has 0 aliphatic rings. The van der Waals surface area contributed by atoms with Gasteiger partial charge >= 0.3 is 5.97 Å². The number of aliphatic hydroxyl groups is 1. The summed E-state index contributed by atoms with van der Waals surface area (Å²) >= 11 is 0. The van der Waals surface area contributed by atoms with Gasteiger partial charge in [0.2, 0.25) is 35.4 Å². The minimum atomic E-state index is -1.67. The van der Waals surface area contributed by atoms with E-state index < -0.39 is 97.0 Å². The Bertz CT molecular complexity index is 1430. The predicted octanol–water partition coefficient (Wildman–Crippen LogP) is -2.87. The third-order valence-corrected chi connectivity index (χ3v) is 6.74. The van der Waals surface area contributed by atoms with Crippen LogP contribution in [-0.2, 0) is 40.0 Å². The Morgan fingerprint density at radius 3 is 1.84 bits per heavy atom. The molecule has 0 saturated heterocycles. The zero-order chi connectivity index (χ0) is 33.8. The summed E-state index contributed by atoms with van der Waals surface area (Å²) < 4.78 is 0. The van der Waals surface area contributed by atoms with E-state index >= 15 is 0 Å². The number of carbonyl (C=O) groups is 7. The number of benzene rings is 2. The molecule has 2 rings (SSSR count). The van der Waals surface area contributed by atoms with Crippen LogP contribution < -0.4 is 38.5 Å². The summed E-state index contributed by atoms with van der Waals surface area (Å²) in [5, 5.41) is 29.8. The van der Waals surface area contributed by atoms with Gasteiger partial charge in [0.15, 0.2) is 0 Å². The van der Waals surface area contributed by atoms with Crippen LogP contribution in [0.3, 0.4) is 0 Å². The highest BCUT2D eigenvalue weighted by molar-refractivity contribution is 5.98. The van der Waals surface area contributed by atoms with Crippen LogP contribution in [-0.4, -0.2) is 88.4 Å². The first-order valence-electron chi connectivity index (χ1n) is 14.0. The lowest BCUT2D eigenvalue weighted by Crippen LogP contribution is -2.60. The molecule has 2 aromatic carbocycles. The maximum Gasteiger partial charge on any atom is 0.305 e. The maximum atomic E-state index is 13.5. The van der Waals surface area contributed by atoms with Crippen molar-refractivity contribution in [3.05, 3.63) is 48.0 Å². The fourth-order valence-electron chi connectivity index (χ4n) is 4.34. The predicted molar refractivity (Wildman–Crippen MR) is 161 cm³/mol. The Balaban J connectivity index is 2.31. The molecule has 5 atom stereocenters. The third kappa shape index (κ3) is 11.2. The van der Waals surface area contributed by atoms with Crippen LogP contribution in [0.4, 0.5) is 0 Å². The van der Waals surface area contributed by atoms with Crippen LogP contribution in [0, 0.1) is 5.92 Å². The van der Waals surface area contributed by atoms with Gasteiger partial charge in [-0.15, -0.1) is 0 Å². The molecule has 5 unspecified atom stereocenters. The van der Waals surface area contributed by atoms with Gasteiger partial charge in [0, 0.05) is 6.42 Å². The molecule has 0 spiro atoms. The summed E-state index contributed by atoms with van der Waals surface area (Å²) in [7, 11) is 0. The van der Waals surface area contributed by atoms with E-state index in [1.54, 1.807) is 32.0 Å². The quantitative estimate of drug-likeness (QED) is 0.0862. The van der Waals surface area contributed by atoms with Crippen molar-refractivity contribution in [3.8, 4) is 0 Å². The first-order valence-corrected chi connectivity index (χ1v) is 14.0. The third-order valence-electron chi connectivity index (χ3n) is 6.74. The molecule has 2 aromatic rings. The van der Waals surface area contributed by atoms with Crippen molar-refractivity contribution < 1.29 is 43.8 Å². The van der Waals surface area contributed by atoms with Gasteiger partial charge in [0.05, 0.1) is 25.5 Å². The summed E-state index contributed by atoms with van der Waals surface area (Å²) in [6.07, 6.45) is -1.58. The zero-order valence-corrected chi connectivity index (χ0v) is 24.8. The molecule has 0 bridgehead atoms. The molecule has 0 radical (unpaired) electrons. The number of amides is 6. The van der Waals surface area contributed by atoms with Gasteiger partial charge in [-0.25, -0.2) is 0 Å². The highest BCUT2D eigenvalue weighted by atomic mass is 16.4. The van der Waals surface area contributed by atoms with Crippen LogP contribution in [0.15, 0.2) is 42.5 Å². The molecule has 12 N–H and O–H groups in total. The van der Waals surface area contributed by atoms with E-state index in [0.29, 0.717) is 5.56 Å². The number of carboxylic acids is 1. The Kier molecular flexibility index (Phi) is 13.4. The van der Waals surface area contributed by atoms with Crippen molar-refractivity contribution in [3.63, 3.8) is 0 Å². The summed E-state index contributed by atoms with van der Waals surface area (Å²) in [6.45, 7) is 2.31. The van der Waals surface area contributed by atoms with E-state index in [1.807, 2.05) is 24.3 Å². The molecular formula is C29H39N7O9. The lowest BCUT2D eigenvalue weighted by atomic mass is 10.00. The van der Waals surface area contributed by atoms with Crippen molar-refractivity contribution in [2.24, 2.45) is 23.1 Å². The van der Waals surface area contributed by atoms with Crippen LogP contribution in [0.1, 0.15) is 32.3 Å². The van der Waals surface area contributed by atoms with Gasteiger partial charge in [-0.2, -0.15) is 0 Å². The van der Waals surface area contributed by atoms with Crippen LogP contribution in [0.25, 0.3) is 10.8 Å². The van der Waals surface area contributed by atoms with E-state index in [1.165, 1.54) is 0 Å². The van der Waals surface area contributed by atoms with E-state index in [0.717, 1.165) is 10.8 Å². The first-order chi connectivity index (χ1) is 21.1.